The summed E-state index contributed by atoms with van der Waals surface area (Å²) in [6, 6.07) is 3.99. The van der Waals surface area contributed by atoms with E-state index in [0.717, 1.165) is 4.90 Å². The minimum atomic E-state index is -3.75. The van der Waals surface area contributed by atoms with Crippen LogP contribution in [0.4, 0.5) is 5.69 Å². The van der Waals surface area contributed by atoms with Crippen molar-refractivity contribution in [2.45, 2.75) is 17.7 Å². The third-order valence-electron chi connectivity index (χ3n) is 4.28. The summed E-state index contributed by atoms with van der Waals surface area (Å²) >= 11 is 6.06. The van der Waals surface area contributed by atoms with Crippen molar-refractivity contribution in [2.24, 2.45) is 0 Å². The zero-order valence-electron chi connectivity index (χ0n) is 14.3. The molecule has 2 saturated heterocycles. The van der Waals surface area contributed by atoms with Crippen molar-refractivity contribution in [1.82, 2.24) is 9.21 Å². The van der Waals surface area contributed by atoms with Crippen LogP contribution < -0.4 is 5.32 Å². The third kappa shape index (κ3) is 4.29. The molecule has 2 aliphatic rings. The Morgan fingerprint density at radius 2 is 1.78 bits per heavy atom. The molecule has 0 spiro atoms. The van der Waals surface area contributed by atoms with E-state index in [-0.39, 0.29) is 41.5 Å². The molecule has 11 heteroatoms. The van der Waals surface area contributed by atoms with Gasteiger partial charge < -0.3 is 10.1 Å². The average molecular weight is 416 g/mol. The Bertz CT molecular complexity index is 866. The van der Waals surface area contributed by atoms with E-state index in [2.05, 4.69) is 5.32 Å². The number of ether oxygens (including phenoxy) is 1. The summed E-state index contributed by atoms with van der Waals surface area (Å²) in [5, 5.41) is 2.61. The molecule has 0 saturated carbocycles. The molecule has 1 N–H and O–H groups in total. The van der Waals surface area contributed by atoms with Gasteiger partial charge in [0.2, 0.25) is 27.7 Å². The first kappa shape index (κ1) is 19.7. The van der Waals surface area contributed by atoms with Crippen LogP contribution in [0.3, 0.4) is 0 Å². The first-order chi connectivity index (χ1) is 12.8. The quantitative estimate of drug-likeness (QED) is 0.698. The SMILES string of the molecule is O=C(CN1C(=O)CCC1=O)Nc1cc(S(=O)(=O)N2CCOCC2)ccc1Cl. The molecule has 0 atom stereocenters. The minimum absolute atomic E-state index is 0.0163. The van der Waals surface area contributed by atoms with Crippen molar-refractivity contribution in [2.75, 3.05) is 38.2 Å². The first-order valence-corrected chi connectivity index (χ1v) is 10.1. The number of amides is 3. The number of rotatable bonds is 5. The van der Waals surface area contributed by atoms with Gasteiger partial charge >= 0.3 is 0 Å². The Labute approximate surface area is 161 Å². The van der Waals surface area contributed by atoms with E-state index >= 15 is 0 Å². The number of hydrogen-bond donors (Lipinski definition) is 1. The van der Waals surface area contributed by atoms with E-state index in [1.165, 1.54) is 22.5 Å². The van der Waals surface area contributed by atoms with Crippen molar-refractivity contribution in [3.8, 4) is 0 Å². The van der Waals surface area contributed by atoms with Crippen LogP contribution >= 0.6 is 11.6 Å². The molecule has 1 aromatic carbocycles. The van der Waals surface area contributed by atoms with Crippen molar-refractivity contribution in [3.63, 3.8) is 0 Å². The number of sulfonamides is 1. The van der Waals surface area contributed by atoms with Crippen molar-refractivity contribution < 1.29 is 27.5 Å². The third-order valence-corrected chi connectivity index (χ3v) is 6.50. The van der Waals surface area contributed by atoms with E-state index in [1.807, 2.05) is 0 Å². The minimum Gasteiger partial charge on any atom is -0.379 e. The number of likely N-dealkylation sites (tertiary alicyclic amines) is 1. The van der Waals surface area contributed by atoms with Gasteiger partial charge in [0.05, 0.1) is 28.8 Å². The standard InChI is InChI=1S/C16H18ClN3O6S/c17-12-2-1-11(27(24,25)19-5-7-26-8-6-19)9-13(12)18-14(21)10-20-15(22)3-4-16(20)23/h1-2,9H,3-8,10H2,(H,18,21). The number of halogens is 1. The second kappa shape index (κ2) is 7.93. The predicted molar refractivity (Wildman–Crippen MR) is 95.6 cm³/mol. The highest BCUT2D eigenvalue weighted by molar-refractivity contribution is 7.89. The molecule has 0 aromatic heterocycles. The number of nitrogens with zero attached hydrogens (tertiary/aromatic N) is 2. The Kier molecular flexibility index (Phi) is 5.80. The highest BCUT2D eigenvalue weighted by atomic mass is 35.5. The van der Waals surface area contributed by atoms with Crippen LogP contribution in [0.5, 0.6) is 0 Å². The lowest BCUT2D eigenvalue weighted by Crippen LogP contribution is -2.40. The Morgan fingerprint density at radius 3 is 2.41 bits per heavy atom. The van der Waals surface area contributed by atoms with Gasteiger partial charge in [-0.05, 0) is 18.2 Å². The summed E-state index contributed by atoms with van der Waals surface area (Å²) in [6.07, 6.45) is 0.167. The molecule has 3 rings (SSSR count). The molecule has 0 radical (unpaired) electrons. The van der Waals surface area contributed by atoms with Crippen molar-refractivity contribution >= 4 is 45.0 Å². The molecule has 27 heavy (non-hydrogen) atoms. The summed E-state index contributed by atoms with van der Waals surface area (Å²) in [7, 11) is -3.75. The maximum absolute atomic E-state index is 12.7. The van der Waals surface area contributed by atoms with Crippen LogP contribution in [0, 0.1) is 0 Å². The highest BCUT2D eigenvalue weighted by Crippen LogP contribution is 2.27. The molecule has 2 heterocycles. The number of hydrogen-bond acceptors (Lipinski definition) is 6. The van der Waals surface area contributed by atoms with Crippen LogP contribution in [0.25, 0.3) is 0 Å². The maximum atomic E-state index is 12.7. The number of anilines is 1. The van der Waals surface area contributed by atoms with Gasteiger partial charge in [-0.3, -0.25) is 19.3 Å². The lowest BCUT2D eigenvalue weighted by molar-refractivity contribution is -0.141. The van der Waals surface area contributed by atoms with Gasteiger partial charge in [-0.15, -0.1) is 0 Å². The van der Waals surface area contributed by atoms with E-state index in [4.69, 9.17) is 16.3 Å². The summed E-state index contributed by atoms with van der Waals surface area (Å²) in [5.74, 6) is -1.46. The number of imide groups is 1. The van der Waals surface area contributed by atoms with E-state index in [9.17, 15) is 22.8 Å². The zero-order chi connectivity index (χ0) is 19.6. The molecule has 3 amide bonds. The van der Waals surface area contributed by atoms with E-state index in [0.29, 0.717) is 13.2 Å². The number of carbonyl (C=O) groups excluding carboxylic acids is 3. The summed E-state index contributed by atoms with van der Waals surface area (Å²) in [4.78, 5) is 36.2. The fourth-order valence-corrected chi connectivity index (χ4v) is 4.43. The number of carbonyl (C=O) groups is 3. The van der Waals surface area contributed by atoms with Crippen LogP contribution in [0.1, 0.15) is 12.8 Å². The van der Waals surface area contributed by atoms with Crippen LogP contribution in [-0.4, -0.2) is 68.2 Å². The average Bonchev–Trinajstić information content (AvgIpc) is 2.96. The van der Waals surface area contributed by atoms with E-state index < -0.39 is 34.3 Å². The van der Waals surface area contributed by atoms with Crippen LogP contribution in [0.15, 0.2) is 23.1 Å². The van der Waals surface area contributed by atoms with Crippen molar-refractivity contribution in [3.05, 3.63) is 23.2 Å². The molecule has 0 unspecified atom stereocenters. The van der Waals surface area contributed by atoms with Gasteiger partial charge in [0, 0.05) is 25.9 Å². The van der Waals surface area contributed by atoms with Gasteiger partial charge in [-0.2, -0.15) is 4.31 Å². The fourth-order valence-electron chi connectivity index (χ4n) is 2.83. The number of benzene rings is 1. The second-order valence-corrected chi connectivity index (χ2v) is 8.43. The summed E-state index contributed by atoms with van der Waals surface area (Å²) in [5.41, 5.74) is 0.0927. The second-order valence-electron chi connectivity index (χ2n) is 6.08. The maximum Gasteiger partial charge on any atom is 0.244 e. The Morgan fingerprint density at radius 1 is 1.15 bits per heavy atom. The van der Waals surface area contributed by atoms with Gasteiger partial charge in [-0.1, -0.05) is 11.6 Å². The topological polar surface area (TPSA) is 113 Å². The number of nitrogens with one attached hydrogen (secondary N) is 1. The fraction of sp³-hybridized carbons (Fsp3) is 0.438. The molecule has 9 nitrogen and oxygen atoms in total. The largest absolute Gasteiger partial charge is 0.379 e. The molecule has 0 bridgehead atoms. The molecule has 0 aliphatic carbocycles. The van der Waals surface area contributed by atoms with E-state index in [1.54, 1.807) is 0 Å². The number of morpholine rings is 1. The highest BCUT2D eigenvalue weighted by Gasteiger charge is 2.31. The lowest BCUT2D eigenvalue weighted by atomic mass is 10.3. The van der Waals surface area contributed by atoms with Crippen LogP contribution in [0.2, 0.25) is 5.02 Å². The molecule has 1 aromatic rings. The predicted octanol–water partition coefficient (Wildman–Crippen LogP) is 0.448. The van der Waals surface area contributed by atoms with Gasteiger partial charge in [-0.25, -0.2) is 8.42 Å². The van der Waals surface area contributed by atoms with Gasteiger partial charge in [0.1, 0.15) is 6.54 Å². The zero-order valence-corrected chi connectivity index (χ0v) is 15.9. The molecule has 2 aliphatic heterocycles. The molecular formula is C16H18ClN3O6S. The molecule has 146 valence electrons. The monoisotopic (exact) mass is 415 g/mol. The Hall–Kier alpha value is -2.01. The van der Waals surface area contributed by atoms with Gasteiger partial charge in [0.25, 0.3) is 0 Å². The summed E-state index contributed by atoms with van der Waals surface area (Å²) in [6.45, 7) is 0.675. The Balaban J connectivity index is 1.76. The molecular weight excluding hydrogens is 398 g/mol. The molecule has 2 fully saturated rings. The normalized spacial score (nSPS) is 18.8. The first-order valence-electron chi connectivity index (χ1n) is 8.29. The van der Waals surface area contributed by atoms with Crippen molar-refractivity contribution in [1.29, 1.82) is 0 Å². The lowest BCUT2D eigenvalue weighted by Gasteiger charge is -2.26. The van der Waals surface area contributed by atoms with Crippen LogP contribution in [-0.2, 0) is 29.1 Å². The smallest absolute Gasteiger partial charge is 0.244 e. The summed E-state index contributed by atoms with van der Waals surface area (Å²) < 4.78 is 31.9. The van der Waals surface area contributed by atoms with Gasteiger partial charge in [0.15, 0.2) is 0 Å².